The highest BCUT2D eigenvalue weighted by atomic mass is 16.5. The normalized spacial score (nSPS) is 33.3. The van der Waals surface area contributed by atoms with Crippen molar-refractivity contribution in [2.24, 2.45) is 5.92 Å². The Kier molecular flexibility index (Phi) is 2.32. The van der Waals surface area contributed by atoms with Crippen LogP contribution in [0.4, 0.5) is 0 Å². The van der Waals surface area contributed by atoms with Crippen molar-refractivity contribution in [3.63, 3.8) is 0 Å². The van der Waals surface area contributed by atoms with Gasteiger partial charge in [0.05, 0.1) is 13.2 Å². The Morgan fingerprint density at radius 2 is 2.20 bits per heavy atom. The molecule has 0 radical (unpaired) electrons. The van der Waals surface area contributed by atoms with Gasteiger partial charge < -0.3 is 10.1 Å². The minimum absolute atomic E-state index is 0.171. The first-order chi connectivity index (χ1) is 4.60. The SMILES string of the molecule is C[C@H]1CNC(C)(C)COC1. The molecule has 0 aromatic rings. The van der Waals surface area contributed by atoms with Crippen molar-refractivity contribution >= 4 is 0 Å². The predicted molar refractivity (Wildman–Crippen MR) is 42.1 cm³/mol. The molecule has 0 spiro atoms. The second-order valence-corrected chi connectivity index (χ2v) is 3.89. The van der Waals surface area contributed by atoms with Gasteiger partial charge in [-0.1, -0.05) is 6.92 Å². The van der Waals surface area contributed by atoms with E-state index in [2.05, 4.69) is 26.1 Å². The van der Waals surface area contributed by atoms with Gasteiger partial charge in [0.1, 0.15) is 0 Å². The quantitative estimate of drug-likeness (QED) is 0.546. The maximum Gasteiger partial charge on any atom is 0.0642 e. The molecule has 0 saturated carbocycles. The van der Waals surface area contributed by atoms with E-state index in [9.17, 15) is 0 Å². The van der Waals surface area contributed by atoms with Gasteiger partial charge in [0, 0.05) is 12.1 Å². The van der Waals surface area contributed by atoms with Crippen LogP contribution in [0.2, 0.25) is 0 Å². The van der Waals surface area contributed by atoms with Crippen LogP contribution in [0.5, 0.6) is 0 Å². The van der Waals surface area contributed by atoms with E-state index in [-0.39, 0.29) is 5.54 Å². The number of hydrogen-bond acceptors (Lipinski definition) is 2. The molecule has 1 saturated heterocycles. The van der Waals surface area contributed by atoms with E-state index in [1.54, 1.807) is 0 Å². The van der Waals surface area contributed by atoms with E-state index in [1.165, 1.54) is 0 Å². The summed E-state index contributed by atoms with van der Waals surface area (Å²) in [5.74, 6) is 0.654. The zero-order chi connectivity index (χ0) is 7.61. The molecule has 1 N–H and O–H groups in total. The Hall–Kier alpha value is -0.0800. The molecule has 0 bridgehead atoms. The summed E-state index contributed by atoms with van der Waals surface area (Å²) in [7, 11) is 0. The van der Waals surface area contributed by atoms with Crippen molar-refractivity contribution in [1.29, 1.82) is 0 Å². The molecule has 1 fully saturated rings. The van der Waals surface area contributed by atoms with E-state index in [0.717, 1.165) is 19.8 Å². The largest absolute Gasteiger partial charge is 0.379 e. The van der Waals surface area contributed by atoms with E-state index in [1.807, 2.05) is 0 Å². The summed E-state index contributed by atoms with van der Waals surface area (Å²) in [6, 6.07) is 0. The molecular weight excluding hydrogens is 126 g/mol. The second kappa shape index (κ2) is 2.89. The van der Waals surface area contributed by atoms with E-state index >= 15 is 0 Å². The Morgan fingerprint density at radius 1 is 1.50 bits per heavy atom. The number of ether oxygens (including phenoxy) is 1. The standard InChI is InChI=1S/C8H17NO/c1-7-4-9-8(2,3)6-10-5-7/h7,9H,4-6H2,1-3H3/t7-/m0/s1. The summed E-state index contributed by atoms with van der Waals surface area (Å²) in [5, 5.41) is 3.45. The molecule has 0 aromatic heterocycles. The molecule has 10 heavy (non-hydrogen) atoms. The van der Waals surface area contributed by atoms with Crippen LogP contribution in [-0.2, 0) is 4.74 Å². The van der Waals surface area contributed by atoms with Crippen LogP contribution in [-0.4, -0.2) is 25.3 Å². The molecule has 1 heterocycles. The summed E-state index contributed by atoms with van der Waals surface area (Å²) >= 11 is 0. The van der Waals surface area contributed by atoms with Crippen molar-refractivity contribution in [3.8, 4) is 0 Å². The Bertz CT molecular complexity index is 112. The molecule has 1 atom stereocenters. The molecule has 0 amide bonds. The van der Waals surface area contributed by atoms with Gasteiger partial charge in [-0.3, -0.25) is 0 Å². The van der Waals surface area contributed by atoms with Crippen LogP contribution in [0.3, 0.4) is 0 Å². The molecule has 2 nitrogen and oxygen atoms in total. The minimum Gasteiger partial charge on any atom is -0.379 e. The monoisotopic (exact) mass is 143 g/mol. The molecule has 1 rings (SSSR count). The van der Waals surface area contributed by atoms with Gasteiger partial charge in [0.25, 0.3) is 0 Å². The maximum atomic E-state index is 5.46. The molecule has 2 heteroatoms. The zero-order valence-electron chi connectivity index (χ0n) is 7.11. The minimum atomic E-state index is 0.171. The van der Waals surface area contributed by atoms with Gasteiger partial charge in [-0.25, -0.2) is 0 Å². The first-order valence-corrected chi connectivity index (χ1v) is 3.93. The molecule has 0 aromatic carbocycles. The molecule has 0 aliphatic carbocycles. The molecule has 1 aliphatic heterocycles. The molecule has 1 aliphatic rings. The third kappa shape index (κ3) is 2.27. The number of hydrogen-bond donors (Lipinski definition) is 1. The third-order valence-electron chi connectivity index (χ3n) is 1.79. The lowest BCUT2D eigenvalue weighted by atomic mass is 10.1. The van der Waals surface area contributed by atoms with Crippen molar-refractivity contribution in [3.05, 3.63) is 0 Å². The highest BCUT2D eigenvalue weighted by Crippen LogP contribution is 2.09. The van der Waals surface area contributed by atoms with E-state index in [4.69, 9.17) is 4.74 Å². The Labute approximate surface area is 63.0 Å². The molecular formula is C8H17NO. The zero-order valence-corrected chi connectivity index (χ0v) is 7.11. The lowest BCUT2D eigenvalue weighted by Gasteiger charge is -2.22. The average Bonchev–Trinajstić information content (AvgIpc) is 1.94. The second-order valence-electron chi connectivity index (χ2n) is 3.89. The summed E-state index contributed by atoms with van der Waals surface area (Å²) < 4.78 is 5.46. The molecule has 0 unspecified atom stereocenters. The third-order valence-corrected chi connectivity index (χ3v) is 1.79. The van der Waals surface area contributed by atoms with Crippen molar-refractivity contribution in [2.75, 3.05) is 19.8 Å². The van der Waals surface area contributed by atoms with Gasteiger partial charge >= 0.3 is 0 Å². The average molecular weight is 143 g/mol. The van der Waals surface area contributed by atoms with Gasteiger partial charge in [0.2, 0.25) is 0 Å². The van der Waals surface area contributed by atoms with Crippen LogP contribution in [0.15, 0.2) is 0 Å². The summed E-state index contributed by atoms with van der Waals surface area (Å²) in [6.45, 7) is 9.35. The van der Waals surface area contributed by atoms with Crippen molar-refractivity contribution in [2.45, 2.75) is 26.3 Å². The summed E-state index contributed by atoms with van der Waals surface area (Å²) in [5.41, 5.74) is 0.171. The van der Waals surface area contributed by atoms with Gasteiger partial charge in [0.15, 0.2) is 0 Å². The topological polar surface area (TPSA) is 21.3 Å². The first-order valence-electron chi connectivity index (χ1n) is 3.93. The van der Waals surface area contributed by atoms with Crippen LogP contribution >= 0.6 is 0 Å². The summed E-state index contributed by atoms with van der Waals surface area (Å²) in [6.07, 6.45) is 0. The highest BCUT2D eigenvalue weighted by molar-refractivity contribution is 4.80. The van der Waals surface area contributed by atoms with E-state index in [0.29, 0.717) is 5.92 Å². The fraction of sp³-hybridized carbons (Fsp3) is 1.00. The van der Waals surface area contributed by atoms with Crippen molar-refractivity contribution in [1.82, 2.24) is 5.32 Å². The fourth-order valence-corrected chi connectivity index (χ4v) is 1.08. The first kappa shape index (κ1) is 8.02. The Morgan fingerprint density at radius 3 is 2.90 bits per heavy atom. The Balaban J connectivity index is 2.41. The van der Waals surface area contributed by atoms with Gasteiger partial charge in [-0.05, 0) is 19.8 Å². The van der Waals surface area contributed by atoms with E-state index < -0.39 is 0 Å². The van der Waals surface area contributed by atoms with Crippen LogP contribution in [0.1, 0.15) is 20.8 Å². The predicted octanol–water partition coefficient (Wildman–Crippen LogP) is 1.02. The van der Waals surface area contributed by atoms with Crippen molar-refractivity contribution < 1.29 is 4.74 Å². The fourth-order valence-electron chi connectivity index (χ4n) is 1.08. The maximum absolute atomic E-state index is 5.46. The lowest BCUT2D eigenvalue weighted by Crippen LogP contribution is -2.42. The highest BCUT2D eigenvalue weighted by Gasteiger charge is 2.21. The van der Waals surface area contributed by atoms with Gasteiger partial charge in [-0.2, -0.15) is 0 Å². The van der Waals surface area contributed by atoms with Crippen LogP contribution in [0.25, 0.3) is 0 Å². The summed E-state index contributed by atoms with van der Waals surface area (Å²) in [4.78, 5) is 0. The van der Waals surface area contributed by atoms with Crippen LogP contribution < -0.4 is 5.32 Å². The molecule has 60 valence electrons. The van der Waals surface area contributed by atoms with Gasteiger partial charge in [-0.15, -0.1) is 0 Å². The van der Waals surface area contributed by atoms with Crippen LogP contribution in [0, 0.1) is 5.92 Å². The lowest BCUT2D eigenvalue weighted by molar-refractivity contribution is 0.0927. The smallest absolute Gasteiger partial charge is 0.0642 e. The number of nitrogens with one attached hydrogen (secondary N) is 1. The number of rotatable bonds is 0.